The molecule has 0 unspecified atom stereocenters. The summed E-state index contributed by atoms with van der Waals surface area (Å²) in [4.78, 5) is 11.1. The van der Waals surface area contributed by atoms with Crippen molar-refractivity contribution >= 4 is 27.6 Å². The molecule has 0 saturated carbocycles. The Balaban J connectivity index is 2.90. The van der Waals surface area contributed by atoms with Crippen LogP contribution in [0.5, 0.6) is 0 Å². The number of hydrogen-bond donors (Lipinski definition) is 1. The molecule has 4 nitrogen and oxygen atoms in total. The van der Waals surface area contributed by atoms with Crippen molar-refractivity contribution < 1.29 is 18.3 Å². The van der Waals surface area contributed by atoms with Gasteiger partial charge in [-0.15, -0.1) is 0 Å². The van der Waals surface area contributed by atoms with Gasteiger partial charge in [0.1, 0.15) is 0 Å². The number of carboxylic acid groups (broad SMARTS) is 1. The van der Waals surface area contributed by atoms with Gasteiger partial charge in [-0.3, -0.25) is 0 Å². The van der Waals surface area contributed by atoms with Crippen molar-refractivity contribution in [3.8, 4) is 0 Å². The molecule has 0 aliphatic carbocycles. The van der Waals surface area contributed by atoms with Crippen molar-refractivity contribution in [2.75, 3.05) is 11.5 Å². The Hall–Kier alpha value is -1.01. The molecule has 1 N–H and O–H groups in total. The second-order valence-electron chi connectivity index (χ2n) is 4.52. The molecule has 19 heavy (non-hydrogen) atoms. The second kappa shape index (κ2) is 6.43. The maximum Gasteiger partial charge on any atom is 0.335 e. The summed E-state index contributed by atoms with van der Waals surface area (Å²) >= 11 is 1.59. The quantitative estimate of drug-likeness (QED) is 0.874. The van der Waals surface area contributed by atoms with Crippen LogP contribution in [0.15, 0.2) is 23.1 Å². The van der Waals surface area contributed by atoms with E-state index in [0.717, 1.165) is 0 Å². The number of benzene rings is 1. The highest BCUT2D eigenvalue weighted by molar-refractivity contribution is 8.01. The standard InChI is InChI=1S/C13H18O4S2/c1-9(2)18-6-7-19(16,17)11-4-5-12(13(14)15)10(3)8-11/h4-5,8-9H,6-7H2,1-3H3,(H,14,15). The van der Waals surface area contributed by atoms with Crippen LogP contribution in [0.1, 0.15) is 29.8 Å². The highest BCUT2D eigenvalue weighted by Crippen LogP contribution is 2.19. The van der Waals surface area contributed by atoms with Crippen molar-refractivity contribution in [3.05, 3.63) is 29.3 Å². The number of aryl methyl sites for hydroxylation is 1. The SMILES string of the molecule is Cc1cc(S(=O)(=O)CCSC(C)C)ccc1C(=O)O. The van der Waals surface area contributed by atoms with E-state index in [1.54, 1.807) is 18.7 Å². The summed E-state index contributed by atoms with van der Waals surface area (Å²) in [6.45, 7) is 5.64. The van der Waals surface area contributed by atoms with E-state index in [1.807, 2.05) is 13.8 Å². The molecule has 1 rings (SSSR count). The van der Waals surface area contributed by atoms with E-state index in [-0.39, 0.29) is 16.2 Å². The van der Waals surface area contributed by atoms with Gasteiger partial charge in [0.25, 0.3) is 0 Å². The Bertz CT molecular complexity index is 562. The third-order valence-electron chi connectivity index (χ3n) is 2.59. The number of sulfone groups is 1. The first-order valence-electron chi connectivity index (χ1n) is 5.92. The number of carbonyl (C=O) groups is 1. The fourth-order valence-corrected chi connectivity index (χ4v) is 4.18. The Labute approximate surface area is 118 Å². The molecule has 0 aliphatic heterocycles. The van der Waals surface area contributed by atoms with E-state index in [1.165, 1.54) is 18.2 Å². The zero-order chi connectivity index (χ0) is 14.6. The summed E-state index contributed by atoms with van der Waals surface area (Å²) < 4.78 is 24.2. The molecule has 0 radical (unpaired) electrons. The van der Waals surface area contributed by atoms with Crippen molar-refractivity contribution in [3.63, 3.8) is 0 Å². The van der Waals surface area contributed by atoms with Crippen LogP contribution in [0.2, 0.25) is 0 Å². The van der Waals surface area contributed by atoms with Crippen LogP contribution in [0.4, 0.5) is 0 Å². The van der Waals surface area contributed by atoms with Crippen LogP contribution >= 0.6 is 11.8 Å². The maximum atomic E-state index is 12.1. The smallest absolute Gasteiger partial charge is 0.335 e. The number of rotatable bonds is 6. The van der Waals surface area contributed by atoms with Gasteiger partial charge >= 0.3 is 5.97 Å². The van der Waals surface area contributed by atoms with E-state index < -0.39 is 15.8 Å². The molecule has 1 aromatic rings. The van der Waals surface area contributed by atoms with Gasteiger partial charge in [0.2, 0.25) is 0 Å². The van der Waals surface area contributed by atoms with E-state index >= 15 is 0 Å². The van der Waals surface area contributed by atoms with Crippen LogP contribution in [-0.2, 0) is 9.84 Å². The summed E-state index contributed by atoms with van der Waals surface area (Å²) in [7, 11) is -3.33. The van der Waals surface area contributed by atoms with Crippen LogP contribution in [0.25, 0.3) is 0 Å². The molecule has 0 atom stereocenters. The minimum Gasteiger partial charge on any atom is -0.478 e. The second-order valence-corrected chi connectivity index (χ2v) is 8.31. The molecule has 0 saturated heterocycles. The first kappa shape index (κ1) is 16.0. The van der Waals surface area contributed by atoms with Crippen LogP contribution in [-0.4, -0.2) is 36.2 Å². The van der Waals surface area contributed by atoms with E-state index in [0.29, 0.717) is 16.6 Å². The third kappa shape index (κ3) is 4.54. The largest absolute Gasteiger partial charge is 0.478 e. The normalized spacial score (nSPS) is 11.8. The van der Waals surface area contributed by atoms with Gasteiger partial charge in [-0.05, 0) is 35.9 Å². The molecule has 0 fully saturated rings. The zero-order valence-corrected chi connectivity index (χ0v) is 12.8. The predicted molar refractivity (Wildman–Crippen MR) is 77.8 cm³/mol. The van der Waals surface area contributed by atoms with Crippen molar-refractivity contribution in [2.24, 2.45) is 0 Å². The van der Waals surface area contributed by atoms with Gasteiger partial charge in [0.05, 0.1) is 16.2 Å². The predicted octanol–water partition coefficient (Wildman–Crippen LogP) is 2.61. The van der Waals surface area contributed by atoms with Gasteiger partial charge in [0, 0.05) is 5.75 Å². The average Bonchev–Trinajstić information content (AvgIpc) is 2.27. The maximum absolute atomic E-state index is 12.1. The molecule has 6 heteroatoms. The molecule has 0 aliphatic rings. The Morgan fingerprint density at radius 2 is 2.00 bits per heavy atom. The molecule has 1 aromatic carbocycles. The van der Waals surface area contributed by atoms with Crippen LogP contribution in [0.3, 0.4) is 0 Å². The average molecular weight is 302 g/mol. The highest BCUT2D eigenvalue weighted by atomic mass is 32.2. The van der Waals surface area contributed by atoms with E-state index in [2.05, 4.69) is 0 Å². The van der Waals surface area contributed by atoms with Crippen molar-refractivity contribution in [2.45, 2.75) is 30.9 Å². The third-order valence-corrected chi connectivity index (χ3v) is 5.67. The fraction of sp³-hybridized carbons (Fsp3) is 0.462. The lowest BCUT2D eigenvalue weighted by atomic mass is 10.1. The minimum atomic E-state index is -3.33. The number of carboxylic acids is 1. The summed E-state index contributed by atoms with van der Waals surface area (Å²) in [5.74, 6) is -0.432. The zero-order valence-electron chi connectivity index (χ0n) is 11.2. The van der Waals surface area contributed by atoms with Gasteiger partial charge in [-0.1, -0.05) is 13.8 Å². The molecule has 0 aromatic heterocycles. The fourth-order valence-electron chi connectivity index (χ4n) is 1.58. The minimum absolute atomic E-state index is 0.0711. The summed E-state index contributed by atoms with van der Waals surface area (Å²) in [5.41, 5.74) is 0.598. The van der Waals surface area contributed by atoms with Gasteiger partial charge in [-0.25, -0.2) is 13.2 Å². The molecule has 0 bridgehead atoms. The summed E-state index contributed by atoms with van der Waals surface area (Å²) in [6, 6.07) is 4.14. The first-order valence-corrected chi connectivity index (χ1v) is 8.62. The molecule has 0 spiro atoms. The molecular weight excluding hydrogens is 284 g/mol. The Morgan fingerprint density at radius 3 is 2.47 bits per heavy atom. The van der Waals surface area contributed by atoms with Gasteiger partial charge in [0.15, 0.2) is 9.84 Å². The summed E-state index contributed by atoms with van der Waals surface area (Å²) in [5, 5.41) is 9.30. The molecule has 0 heterocycles. The van der Waals surface area contributed by atoms with E-state index in [4.69, 9.17) is 5.11 Å². The van der Waals surface area contributed by atoms with Gasteiger partial charge in [-0.2, -0.15) is 11.8 Å². The lowest BCUT2D eigenvalue weighted by molar-refractivity contribution is 0.0696. The highest BCUT2D eigenvalue weighted by Gasteiger charge is 2.17. The van der Waals surface area contributed by atoms with Crippen molar-refractivity contribution in [1.82, 2.24) is 0 Å². The number of thioether (sulfide) groups is 1. The summed E-state index contributed by atoms with van der Waals surface area (Å²) in [6.07, 6.45) is 0. The molecule has 0 amide bonds. The lowest BCUT2D eigenvalue weighted by Crippen LogP contribution is -2.11. The number of aromatic carboxylic acids is 1. The molecular formula is C13H18O4S2. The van der Waals surface area contributed by atoms with Crippen LogP contribution in [0, 0.1) is 6.92 Å². The van der Waals surface area contributed by atoms with Crippen molar-refractivity contribution in [1.29, 1.82) is 0 Å². The Kier molecular flexibility index (Phi) is 5.43. The van der Waals surface area contributed by atoms with Crippen LogP contribution < -0.4 is 0 Å². The van der Waals surface area contributed by atoms with Gasteiger partial charge < -0.3 is 5.11 Å². The monoisotopic (exact) mass is 302 g/mol. The lowest BCUT2D eigenvalue weighted by Gasteiger charge is -2.08. The number of hydrogen-bond acceptors (Lipinski definition) is 4. The van der Waals surface area contributed by atoms with E-state index in [9.17, 15) is 13.2 Å². The molecule has 106 valence electrons. The topological polar surface area (TPSA) is 71.4 Å². The first-order chi connectivity index (χ1) is 8.74. The Morgan fingerprint density at radius 1 is 1.37 bits per heavy atom.